The molecule has 2 rings (SSSR count). The van der Waals surface area contributed by atoms with E-state index in [-0.39, 0.29) is 17.2 Å². The Morgan fingerprint density at radius 2 is 2.12 bits per heavy atom. The van der Waals surface area contributed by atoms with Gasteiger partial charge in [0.1, 0.15) is 6.17 Å². The summed E-state index contributed by atoms with van der Waals surface area (Å²) in [6.45, 7) is 9.97. The van der Waals surface area contributed by atoms with Crippen molar-refractivity contribution in [3.05, 3.63) is 0 Å². The van der Waals surface area contributed by atoms with E-state index in [1.807, 2.05) is 0 Å². The molecule has 0 aromatic carbocycles. The van der Waals surface area contributed by atoms with Crippen molar-refractivity contribution >= 4 is 0 Å². The molecule has 2 aliphatic rings. The Kier molecular flexibility index (Phi) is 3.04. The summed E-state index contributed by atoms with van der Waals surface area (Å²) in [5, 5.41) is 0. The lowest BCUT2D eigenvalue weighted by molar-refractivity contribution is -0.107. The van der Waals surface area contributed by atoms with E-state index in [1.165, 1.54) is 6.42 Å². The van der Waals surface area contributed by atoms with Crippen LogP contribution in [0.1, 0.15) is 47.0 Å². The van der Waals surface area contributed by atoms with Crippen molar-refractivity contribution in [2.75, 3.05) is 13.1 Å². The molecule has 16 heavy (non-hydrogen) atoms. The minimum Gasteiger partial charge on any atom is -0.371 e. The molecule has 2 saturated heterocycles. The van der Waals surface area contributed by atoms with Crippen LogP contribution in [0.15, 0.2) is 0 Å². The lowest BCUT2D eigenvalue weighted by atomic mass is 9.87. The molecule has 0 aliphatic carbocycles. The van der Waals surface area contributed by atoms with E-state index in [2.05, 4.69) is 32.6 Å². The van der Waals surface area contributed by atoms with Gasteiger partial charge in [-0.1, -0.05) is 0 Å². The maximum Gasteiger partial charge on any atom is 0.115 e. The van der Waals surface area contributed by atoms with Gasteiger partial charge in [0.05, 0.1) is 11.7 Å². The number of alkyl halides is 1. The van der Waals surface area contributed by atoms with Gasteiger partial charge in [-0.2, -0.15) is 0 Å². The van der Waals surface area contributed by atoms with E-state index in [4.69, 9.17) is 4.74 Å². The normalized spacial score (nSPS) is 37.7. The molecular formula is C13H24FNO. The Morgan fingerprint density at radius 1 is 1.44 bits per heavy atom. The van der Waals surface area contributed by atoms with E-state index in [0.717, 1.165) is 13.0 Å². The van der Waals surface area contributed by atoms with Gasteiger partial charge < -0.3 is 4.74 Å². The highest BCUT2D eigenvalue weighted by atomic mass is 19.1. The molecule has 94 valence electrons. The standard InChI is InChI=1S/C13H24FNO/c1-10(16-12(2,3)4)13-6-5-7-15(13)9-11(14)8-13/h10-11H,5-9H2,1-4H3/t10-,11+,13-/m0/s1. The van der Waals surface area contributed by atoms with Gasteiger partial charge in [-0.3, -0.25) is 4.90 Å². The summed E-state index contributed by atoms with van der Waals surface area (Å²) < 4.78 is 19.7. The van der Waals surface area contributed by atoms with Crippen molar-refractivity contribution in [3.8, 4) is 0 Å². The van der Waals surface area contributed by atoms with Crippen LogP contribution in [0, 0.1) is 0 Å². The maximum absolute atomic E-state index is 13.6. The largest absolute Gasteiger partial charge is 0.371 e. The fourth-order valence-corrected chi connectivity index (χ4v) is 3.41. The van der Waals surface area contributed by atoms with Gasteiger partial charge >= 0.3 is 0 Å². The molecule has 2 heterocycles. The van der Waals surface area contributed by atoms with Gasteiger partial charge in [0, 0.05) is 18.5 Å². The number of hydrogen-bond acceptors (Lipinski definition) is 2. The van der Waals surface area contributed by atoms with Crippen LogP contribution < -0.4 is 0 Å². The SMILES string of the molecule is C[C@H](OC(C)(C)C)[C@@]12CCCN1C[C@H](F)C2. The third-order valence-electron chi connectivity index (χ3n) is 3.95. The second-order valence-electron chi connectivity index (χ2n) is 6.33. The van der Waals surface area contributed by atoms with E-state index < -0.39 is 6.17 Å². The summed E-state index contributed by atoms with van der Waals surface area (Å²) >= 11 is 0. The van der Waals surface area contributed by atoms with Gasteiger partial charge in [0.25, 0.3) is 0 Å². The van der Waals surface area contributed by atoms with Crippen LogP contribution in [-0.2, 0) is 4.74 Å². The Bertz CT molecular complexity index is 263. The van der Waals surface area contributed by atoms with Crippen molar-refractivity contribution in [2.45, 2.75) is 70.4 Å². The summed E-state index contributed by atoms with van der Waals surface area (Å²) in [4.78, 5) is 2.31. The number of halogens is 1. The fourth-order valence-electron chi connectivity index (χ4n) is 3.41. The minimum atomic E-state index is -0.661. The zero-order valence-electron chi connectivity index (χ0n) is 10.9. The molecular weight excluding hydrogens is 205 g/mol. The Hall–Kier alpha value is -0.150. The van der Waals surface area contributed by atoms with Crippen molar-refractivity contribution in [3.63, 3.8) is 0 Å². The lowest BCUT2D eigenvalue weighted by Gasteiger charge is -2.40. The number of nitrogens with zero attached hydrogens (tertiary/aromatic N) is 1. The number of rotatable bonds is 2. The Morgan fingerprint density at radius 3 is 2.75 bits per heavy atom. The van der Waals surface area contributed by atoms with Crippen LogP contribution in [0.25, 0.3) is 0 Å². The van der Waals surface area contributed by atoms with Crippen LogP contribution in [0.4, 0.5) is 4.39 Å². The highest BCUT2D eigenvalue weighted by molar-refractivity contribution is 5.07. The fraction of sp³-hybridized carbons (Fsp3) is 1.00. The van der Waals surface area contributed by atoms with Gasteiger partial charge in [-0.25, -0.2) is 4.39 Å². The first-order valence-corrected chi connectivity index (χ1v) is 6.40. The first-order chi connectivity index (χ1) is 7.33. The van der Waals surface area contributed by atoms with E-state index in [0.29, 0.717) is 13.0 Å². The summed E-state index contributed by atoms with van der Waals surface area (Å²) in [5.74, 6) is 0. The molecule has 3 atom stereocenters. The monoisotopic (exact) mass is 229 g/mol. The molecule has 0 aromatic rings. The average Bonchev–Trinajstić information content (AvgIpc) is 2.56. The van der Waals surface area contributed by atoms with Crippen LogP contribution in [0.2, 0.25) is 0 Å². The molecule has 2 fully saturated rings. The first-order valence-electron chi connectivity index (χ1n) is 6.40. The molecule has 0 radical (unpaired) electrons. The predicted octanol–water partition coefficient (Wildman–Crippen LogP) is 2.77. The molecule has 0 bridgehead atoms. The smallest absolute Gasteiger partial charge is 0.115 e. The third kappa shape index (κ3) is 2.12. The molecule has 3 heteroatoms. The Labute approximate surface area is 98.1 Å². The zero-order valence-corrected chi connectivity index (χ0v) is 10.9. The molecule has 0 aromatic heterocycles. The number of ether oxygens (including phenoxy) is 1. The number of hydrogen-bond donors (Lipinski definition) is 0. The molecule has 0 amide bonds. The third-order valence-corrected chi connectivity index (χ3v) is 3.95. The highest BCUT2D eigenvalue weighted by Gasteiger charge is 2.52. The number of fused-ring (bicyclic) bond motifs is 1. The second-order valence-corrected chi connectivity index (χ2v) is 6.33. The lowest BCUT2D eigenvalue weighted by Crippen LogP contribution is -2.50. The predicted molar refractivity (Wildman–Crippen MR) is 63.4 cm³/mol. The van der Waals surface area contributed by atoms with Crippen molar-refractivity contribution in [1.82, 2.24) is 4.90 Å². The summed E-state index contributed by atoms with van der Waals surface area (Å²) in [5.41, 5.74) is -0.163. The first kappa shape index (κ1) is 12.3. The van der Waals surface area contributed by atoms with Crippen molar-refractivity contribution in [2.24, 2.45) is 0 Å². The van der Waals surface area contributed by atoms with Gasteiger partial charge in [-0.05, 0) is 47.1 Å². The average molecular weight is 229 g/mol. The van der Waals surface area contributed by atoms with Gasteiger partial charge in [0.2, 0.25) is 0 Å². The molecule has 0 saturated carbocycles. The highest BCUT2D eigenvalue weighted by Crippen LogP contribution is 2.44. The van der Waals surface area contributed by atoms with Gasteiger partial charge in [0.15, 0.2) is 0 Å². The molecule has 2 nitrogen and oxygen atoms in total. The molecule has 2 aliphatic heterocycles. The minimum absolute atomic E-state index is 0.0211. The zero-order chi connectivity index (χ0) is 12.0. The van der Waals surface area contributed by atoms with Crippen molar-refractivity contribution < 1.29 is 9.13 Å². The second kappa shape index (κ2) is 3.95. The van der Waals surface area contributed by atoms with E-state index in [9.17, 15) is 4.39 Å². The molecule has 0 unspecified atom stereocenters. The van der Waals surface area contributed by atoms with Crippen LogP contribution in [0.3, 0.4) is 0 Å². The topological polar surface area (TPSA) is 12.5 Å². The van der Waals surface area contributed by atoms with Crippen LogP contribution >= 0.6 is 0 Å². The summed E-state index contributed by atoms with van der Waals surface area (Å²) in [7, 11) is 0. The van der Waals surface area contributed by atoms with Crippen molar-refractivity contribution in [1.29, 1.82) is 0 Å². The van der Waals surface area contributed by atoms with E-state index in [1.54, 1.807) is 0 Å². The maximum atomic E-state index is 13.6. The van der Waals surface area contributed by atoms with Gasteiger partial charge in [-0.15, -0.1) is 0 Å². The molecule has 0 spiro atoms. The van der Waals surface area contributed by atoms with Crippen LogP contribution in [0.5, 0.6) is 0 Å². The van der Waals surface area contributed by atoms with E-state index >= 15 is 0 Å². The van der Waals surface area contributed by atoms with Crippen LogP contribution in [-0.4, -0.2) is 41.4 Å². The Balaban J connectivity index is 2.11. The summed E-state index contributed by atoms with van der Waals surface area (Å²) in [6.07, 6.45) is 2.39. The molecule has 0 N–H and O–H groups in total. The quantitative estimate of drug-likeness (QED) is 0.722. The summed E-state index contributed by atoms with van der Waals surface area (Å²) in [6, 6.07) is 0.